The van der Waals surface area contributed by atoms with Crippen molar-refractivity contribution in [1.82, 2.24) is 0 Å². The van der Waals surface area contributed by atoms with E-state index in [-0.39, 0.29) is 18.2 Å². The van der Waals surface area contributed by atoms with Crippen LogP contribution in [0.2, 0.25) is 0 Å². The summed E-state index contributed by atoms with van der Waals surface area (Å²) >= 11 is 0. The highest BCUT2D eigenvalue weighted by atomic mass is 32.2. The van der Waals surface area contributed by atoms with E-state index in [9.17, 15) is 22.7 Å². The Hall–Kier alpha value is -1.67. The fourth-order valence-electron chi connectivity index (χ4n) is 3.53. The number of halogens is 1. The number of carboxylic acid groups (broad SMARTS) is 1. The molecule has 1 aliphatic rings. The second-order valence-electron chi connectivity index (χ2n) is 6.87. The average molecular weight is 387 g/mol. The van der Waals surface area contributed by atoms with Crippen molar-refractivity contribution in [1.29, 1.82) is 0 Å². The quantitative estimate of drug-likeness (QED) is 0.636. The van der Waals surface area contributed by atoms with Crippen molar-refractivity contribution in [3.63, 3.8) is 0 Å². The lowest BCUT2D eigenvalue weighted by Gasteiger charge is -2.29. The summed E-state index contributed by atoms with van der Waals surface area (Å²) in [4.78, 5) is 10.5. The fourth-order valence-corrected chi connectivity index (χ4v) is 5.80. The normalized spacial score (nSPS) is 23.1. The number of unbranched alkanes of at least 4 members (excludes halogenated alkanes) is 3. The number of sulfonamides is 1. The number of carboxylic acids is 1. The van der Waals surface area contributed by atoms with Gasteiger partial charge in [-0.3, -0.25) is 9.10 Å². The number of aliphatic carboxylic acids is 1. The minimum absolute atomic E-state index is 0.133. The molecule has 0 spiro atoms. The SMILES string of the molecule is CC(O)C1CS(=O)(=O)N(c2ccc(F)cc2)C1CCCCCCC(=O)O. The molecule has 2 rings (SSSR count). The minimum Gasteiger partial charge on any atom is -0.481 e. The van der Waals surface area contributed by atoms with Gasteiger partial charge in [-0.15, -0.1) is 0 Å². The van der Waals surface area contributed by atoms with Gasteiger partial charge in [0.25, 0.3) is 0 Å². The molecule has 1 heterocycles. The Balaban J connectivity index is 2.09. The Morgan fingerprint density at radius 1 is 1.23 bits per heavy atom. The first-order valence-corrected chi connectivity index (χ1v) is 10.5. The van der Waals surface area contributed by atoms with Gasteiger partial charge < -0.3 is 10.2 Å². The Kier molecular flexibility index (Phi) is 7.00. The minimum atomic E-state index is -3.58. The molecule has 0 saturated carbocycles. The highest BCUT2D eigenvalue weighted by molar-refractivity contribution is 7.93. The maximum absolute atomic E-state index is 13.2. The summed E-state index contributed by atoms with van der Waals surface area (Å²) in [6, 6.07) is 4.95. The van der Waals surface area contributed by atoms with Gasteiger partial charge in [-0.25, -0.2) is 12.8 Å². The summed E-state index contributed by atoms with van der Waals surface area (Å²) < 4.78 is 39.8. The zero-order chi connectivity index (χ0) is 19.3. The Morgan fingerprint density at radius 3 is 2.42 bits per heavy atom. The number of rotatable bonds is 9. The van der Waals surface area contributed by atoms with Crippen LogP contribution in [-0.4, -0.2) is 42.5 Å². The summed E-state index contributed by atoms with van der Waals surface area (Å²) in [5.41, 5.74) is 0.408. The van der Waals surface area contributed by atoms with Crippen LogP contribution in [-0.2, 0) is 14.8 Å². The van der Waals surface area contributed by atoms with Gasteiger partial charge in [0.15, 0.2) is 0 Å². The van der Waals surface area contributed by atoms with Gasteiger partial charge in [0.1, 0.15) is 5.82 Å². The molecule has 1 aliphatic heterocycles. The van der Waals surface area contributed by atoms with Crippen LogP contribution in [0.1, 0.15) is 45.4 Å². The van der Waals surface area contributed by atoms with Gasteiger partial charge in [0.05, 0.1) is 23.6 Å². The van der Waals surface area contributed by atoms with Gasteiger partial charge in [-0.05, 0) is 44.0 Å². The number of benzene rings is 1. The molecule has 6 nitrogen and oxygen atoms in total. The molecule has 2 N–H and O–H groups in total. The molecule has 0 aliphatic carbocycles. The molecule has 8 heteroatoms. The van der Waals surface area contributed by atoms with Crippen LogP contribution >= 0.6 is 0 Å². The summed E-state index contributed by atoms with van der Waals surface area (Å²) in [6.45, 7) is 1.59. The number of carbonyl (C=O) groups is 1. The first-order chi connectivity index (χ1) is 12.2. The Bertz CT molecular complexity index is 705. The second kappa shape index (κ2) is 8.81. The van der Waals surface area contributed by atoms with Gasteiger partial charge >= 0.3 is 5.97 Å². The van der Waals surface area contributed by atoms with Crippen LogP contribution in [0.3, 0.4) is 0 Å². The molecule has 0 bridgehead atoms. The number of aliphatic hydroxyl groups is 1. The van der Waals surface area contributed by atoms with E-state index in [2.05, 4.69) is 0 Å². The number of anilines is 1. The van der Waals surface area contributed by atoms with E-state index >= 15 is 0 Å². The molecular weight excluding hydrogens is 361 g/mol. The Labute approximate surface area is 153 Å². The summed E-state index contributed by atoms with van der Waals surface area (Å²) in [5, 5.41) is 18.7. The smallest absolute Gasteiger partial charge is 0.303 e. The maximum atomic E-state index is 13.2. The van der Waals surface area contributed by atoms with Crippen molar-refractivity contribution in [2.24, 2.45) is 5.92 Å². The zero-order valence-corrected chi connectivity index (χ0v) is 15.7. The van der Waals surface area contributed by atoms with Crippen LogP contribution in [0.5, 0.6) is 0 Å². The van der Waals surface area contributed by atoms with Crippen molar-refractivity contribution < 1.29 is 27.8 Å². The third-order valence-electron chi connectivity index (χ3n) is 4.84. The fraction of sp³-hybridized carbons (Fsp3) is 0.611. The molecule has 3 unspecified atom stereocenters. The number of hydrogen-bond donors (Lipinski definition) is 2. The van der Waals surface area contributed by atoms with Crippen LogP contribution < -0.4 is 4.31 Å². The molecular formula is C18H26FNO5S. The van der Waals surface area contributed by atoms with Gasteiger partial charge in [-0.1, -0.05) is 19.3 Å². The van der Waals surface area contributed by atoms with Crippen molar-refractivity contribution in [3.8, 4) is 0 Å². The van der Waals surface area contributed by atoms with Crippen molar-refractivity contribution in [2.45, 2.75) is 57.6 Å². The average Bonchev–Trinajstić information content (AvgIpc) is 2.82. The van der Waals surface area contributed by atoms with E-state index in [0.29, 0.717) is 18.5 Å². The first-order valence-electron chi connectivity index (χ1n) is 8.90. The molecule has 0 aromatic heterocycles. The van der Waals surface area contributed by atoms with Gasteiger partial charge in [0, 0.05) is 12.3 Å². The zero-order valence-electron chi connectivity index (χ0n) is 14.8. The van der Waals surface area contributed by atoms with Crippen molar-refractivity contribution >= 4 is 21.7 Å². The van der Waals surface area contributed by atoms with E-state index in [1.807, 2.05) is 0 Å². The van der Waals surface area contributed by atoms with E-state index < -0.39 is 33.8 Å². The molecule has 1 aromatic rings. The van der Waals surface area contributed by atoms with Crippen molar-refractivity contribution in [3.05, 3.63) is 30.1 Å². The molecule has 146 valence electrons. The lowest BCUT2D eigenvalue weighted by Crippen LogP contribution is -2.38. The van der Waals surface area contributed by atoms with E-state index in [4.69, 9.17) is 5.11 Å². The van der Waals surface area contributed by atoms with Crippen LogP contribution in [0.25, 0.3) is 0 Å². The first kappa shape index (κ1) is 20.6. The lowest BCUT2D eigenvalue weighted by atomic mass is 9.91. The van der Waals surface area contributed by atoms with Crippen LogP contribution in [0.15, 0.2) is 24.3 Å². The molecule has 1 aromatic carbocycles. The third-order valence-corrected chi connectivity index (χ3v) is 6.73. The lowest BCUT2D eigenvalue weighted by molar-refractivity contribution is -0.137. The molecule has 1 fully saturated rings. The molecule has 26 heavy (non-hydrogen) atoms. The summed E-state index contributed by atoms with van der Waals surface area (Å²) in [7, 11) is -3.58. The summed E-state index contributed by atoms with van der Waals surface area (Å²) in [6.07, 6.45) is 2.83. The highest BCUT2D eigenvalue weighted by Gasteiger charge is 2.46. The Morgan fingerprint density at radius 2 is 1.85 bits per heavy atom. The number of aliphatic hydroxyl groups excluding tert-OH is 1. The topological polar surface area (TPSA) is 94.9 Å². The van der Waals surface area contributed by atoms with Crippen LogP contribution in [0, 0.1) is 11.7 Å². The summed E-state index contributed by atoms with van der Waals surface area (Å²) in [5.74, 6) is -1.80. The van der Waals surface area contributed by atoms with Crippen LogP contribution in [0.4, 0.5) is 10.1 Å². The molecule has 0 amide bonds. The highest BCUT2D eigenvalue weighted by Crippen LogP contribution is 2.37. The number of nitrogens with zero attached hydrogens (tertiary/aromatic N) is 1. The second-order valence-corrected chi connectivity index (χ2v) is 8.76. The van der Waals surface area contributed by atoms with E-state index in [1.54, 1.807) is 6.92 Å². The molecule has 0 radical (unpaired) electrons. The van der Waals surface area contributed by atoms with Crippen molar-refractivity contribution in [2.75, 3.05) is 10.1 Å². The van der Waals surface area contributed by atoms with Gasteiger partial charge in [-0.2, -0.15) is 0 Å². The predicted octanol–water partition coefficient (Wildman–Crippen LogP) is 2.77. The number of hydrogen-bond acceptors (Lipinski definition) is 4. The van der Waals surface area contributed by atoms with E-state index in [1.165, 1.54) is 28.6 Å². The predicted molar refractivity (Wildman–Crippen MR) is 97.0 cm³/mol. The molecule has 1 saturated heterocycles. The molecule has 3 atom stereocenters. The largest absolute Gasteiger partial charge is 0.481 e. The maximum Gasteiger partial charge on any atom is 0.303 e. The monoisotopic (exact) mass is 387 g/mol. The third kappa shape index (κ3) is 5.17. The van der Waals surface area contributed by atoms with Gasteiger partial charge in [0.2, 0.25) is 10.0 Å². The van der Waals surface area contributed by atoms with E-state index in [0.717, 1.165) is 19.3 Å². The standard InChI is InChI=1S/C18H26FNO5S/c1-13(21)16-12-26(24,25)20(15-10-8-14(19)9-11-15)17(16)6-4-2-3-5-7-18(22)23/h8-11,13,16-17,21H,2-7,12H2,1H3,(H,22,23).